The number of hydrogen-bond donors (Lipinski definition) is 1. The zero-order chi connectivity index (χ0) is 14.0. The van der Waals surface area contributed by atoms with Crippen LogP contribution in [0.25, 0.3) is 0 Å². The first-order chi connectivity index (χ1) is 8.98. The predicted molar refractivity (Wildman–Crippen MR) is 69.4 cm³/mol. The minimum absolute atomic E-state index is 0.0174. The number of hydrogen-bond acceptors (Lipinski definition) is 5. The number of sulfonamides is 1. The highest BCUT2D eigenvalue weighted by Crippen LogP contribution is 2.22. The van der Waals surface area contributed by atoms with Gasteiger partial charge in [0.2, 0.25) is 10.0 Å². The molecular weight excluding hydrogens is 268 g/mol. The van der Waals surface area contributed by atoms with Crippen molar-refractivity contribution >= 4 is 16.0 Å². The Kier molecular flexibility index (Phi) is 3.88. The smallest absolute Gasteiger partial charge is 0.339 e. The van der Waals surface area contributed by atoms with Gasteiger partial charge in [0.05, 0.1) is 17.6 Å². The van der Waals surface area contributed by atoms with Crippen molar-refractivity contribution in [1.82, 2.24) is 9.62 Å². The highest BCUT2D eigenvalue weighted by molar-refractivity contribution is 7.89. The van der Waals surface area contributed by atoms with Crippen molar-refractivity contribution in [1.29, 1.82) is 0 Å². The molecule has 1 heterocycles. The third-order valence-electron chi connectivity index (χ3n) is 3.22. The zero-order valence-corrected chi connectivity index (χ0v) is 11.6. The molecule has 104 valence electrons. The third kappa shape index (κ3) is 2.49. The number of ether oxygens (including phenoxy) is 1. The van der Waals surface area contributed by atoms with Crippen LogP contribution < -0.4 is 5.32 Å². The second-order valence-electron chi connectivity index (χ2n) is 4.32. The molecule has 1 fully saturated rings. The molecule has 2 rings (SSSR count). The van der Waals surface area contributed by atoms with Crippen LogP contribution in [0.4, 0.5) is 0 Å². The number of esters is 1. The Labute approximate surface area is 112 Å². The van der Waals surface area contributed by atoms with Crippen molar-refractivity contribution < 1.29 is 17.9 Å². The van der Waals surface area contributed by atoms with Crippen LogP contribution >= 0.6 is 0 Å². The molecule has 0 spiro atoms. The van der Waals surface area contributed by atoms with Crippen LogP contribution in [0.3, 0.4) is 0 Å². The molecule has 0 aromatic heterocycles. The molecule has 1 saturated heterocycles. The van der Waals surface area contributed by atoms with Gasteiger partial charge in [0.1, 0.15) is 0 Å². The summed E-state index contributed by atoms with van der Waals surface area (Å²) in [4.78, 5) is 11.6. The van der Waals surface area contributed by atoms with E-state index >= 15 is 0 Å². The average Bonchev–Trinajstić information content (AvgIpc) is 2.35. The van der Waals surface area contributed by atoms with E-state index in [0.29, 0.717) is 13.1 Å². The highest BCUT2D eigenvalue weighted by Gasteiger charge is 2.34. The van der Waals surface area contributed by atoms with Gasteiger partial charge in [0, 0.05) is 26.2 Å². The fourth-order valence-electron chi connectivity index (χ4n) is 1.85. The maximum absolute atomic E-state index is 12.5. The van der Waals surface area contributed by atoms with Crippen molar-refractivity contribution in [2.75, 3.05) is 27.2 Å². The van der Waals surface area contributed by atoms with E-state index in [0.717, 1.165) is 0 Å². The van der Waals surface area contributed by atoms with E-state index in [2.05, 4.69) is 10.1 Å². The van der Waals surface area contributed by atoms with Crippen LogP contribution in [0.1, 0.15) is 10.4 Å². The van der Waals surface area contributed by atoms with E-state index in [4.69, 9.17) is 0 Å². The summed E-state index contributed by atoms with van der Waals surface area (Å²) in [6.07, 6.45) is 0. The van der Waals surface area contributed by atoms with E-state index < -0.39 is 16.0 Å². The molecule has 6 nitrogen and oxygen atoms in total. The first-order valence-electron chi connectivity index (χ1n) is 5.84. The van der Waals surface area contributed by atoms with Gasteiger partial charge in [-0.25, -0.2) is 13.2 Å². The molecular formula is C12H16N2O4S. The molecule has 1 aromatic carbocycles. The quantitative estimate of drug-likeness (QED) is 0.792. The molecule has 1 aliphatic heterocycles. The minimum Gasteiger partial charge on any atom is -0.465 e. The number of nitrogens with one attached hydrogen (secondary N) is 1. The third-order valence-corrected chi connectivity index (χ3v) is 5.19. The molecule has 7 heteroatoms. The van der Waals surface area contributed by atoms with E-state index in [1.165, 1.54) is 30.6 Å². The van der Waals surface area contributed by atoms with Gasteiger partial charge in [-0.2, -0.15) is 4.31 Å². The summed E-state index contributed by atoms with van der Waals surface area (Å²) in [6.45, 7) is 1.24. The van der Waals surface area contributed by atoms with Gasteiger partial charge in [-0.3, -0.25) is 0 Å². The number of benzene rings is 1. The van der Waals surface area contributed by atoms with Crippen molar-refractivity contribution in [3.63, 3.8) is 0 Å². The van der Waals surface area contributed by atoms with Crippen molar-refractivity contribution in [3.05, 3.63) is 29.8 Å². The molecule has 0 saturated carbocycles. The van der Waals surface area contributed by atoms with E-state index in [1.807, 2.05) is 0 Å². The van der Waals surface area contributed by atoms with E-state index in [-0.39, 0.29) is 16.5 Å². The lowest BCUT2D eigenvalue weighted by atomic mass is 10.2. The van der Waals surface area contributed by atoms with Crippen LogP contribution in [0.5, 0.6) is 0 Å². The minimum atomic E-state index is -3.69. The van der Waals surface area contributed by atoms with Crippen LogP contribution in [-0.4, -0.2) is 52.0 Å². The summed E-state index contributed by atoms with van der Waals surface area (Å²) in [5, 5.41) is 3.02. The number of carbonyl (C=O) groups is 1. The second-order valence-corrected chi connectivity index (χ2v) is 6.29. The first-order valence-corrected chi connectivity index (χ1v) is 7.28. The molecule has 1 aromatic rings. The largest absolute Gasteiger partial charge is 0.465 e. The molecule has 0 amide bonds. The maximum atomic E-state index is 12.5. The molecule has 0 bridgehead atoms. The summed E-state index contributed by atoms with van der Waals surface area (Å²) in [6, 6.07) is 5.99. The zero-order valence-electron chi connectivity index (χ0n) is 10.8. The lowest BCUT2D eigenvalue weighted by molar-refractivity contribution is 0.0596. The number of likely N-dealkylation sites (N-methyl/N-ethyl adjacent to an activating group) is 1. The predicted octanol–water partition coefficient (Wildman–Crippen LogP) is 0.0655. The number of carbonyl (C=O) groups excluding carboxylic acids is 1. The van der Waals surface area contributed by atoms with Crippen LogP contribution in [-0.2, 0) is 14.8 Å². The second kappa shape index (κ2) is 5.28. The monoisotopic (exact) mass is 284 g/mol. The van der Waals surface area contributed by atoms with Gasteiger partial charge in [-0.1, -0.05) is 12.1 Å². The molecule has 19 heavy (non-hydrogen) atoms. The fourth-order valence-corrected chi connectivity index (χ4v) is 3.38. The summed E-state index contributed by atoms with van der Waals surface area (Å²) in [7, 11) is -0.942. The Morgan fingerprint density at radius 3 is 2.53 bits per heavy atom. The van der Waals surface area contributed by atoms with Gasteiger partial charge in [0.25, 0.3) is 0 Å². The Balaban J connectivity index is 2.42. The normalized spacial score (nSPS) is 16.2. The van der Waals surface area contributed by atoms with Crippen LogP contribution in [0.2, 0.25) is 0 Å². The van der Waals surface area contributed by atoms with Gasteiger partial charge < -0.3 is 10.1 Å². The molecule has 0 radical (unpaired) electrons. The topological polar surface area (TPSA) is 75.7 Å². The Bertz CT molecular complexity index is 581. The Morgan fingerprint density at radius 1 is 1.37 bits per heavy atom. The maximum Gasteiger partial charge on any atom is 0.339 e. The number of nitrogens with zero attached hydrogens (tertiary/aromatic N) is 1. The van der Waals surface area contributed by atoms with Gasteiger partial charge in [-0.05, 0) is 12.1 Å². The number of methoxy groups -OCH3 is 1. The molecule has 1 N–H and O–H groups in total. The van der Waals surface area contributed by atoms with Gasteiger partial charge in [0.15, 0.2) is 0 Å². The fraction of sp³-hybridized carbons (Fsp3) is 0.417. The van der Waals surface area contributed by atoms with Gasteiger partial charge >= 0.3 is 5.97 Å². The summed E-state index contributed by atoms with van der Waals surface area (Å²) < 4.78 is 30.9. The summed E-state index contributed by atoms with van der Waals surface area (Å²) in [5.74, 6) is -0.653. The highest BCUT2D eigenvalue weighted by atomic mass is 32.2. The molecule has 1 aliphatic rings. The molecule has 0 unspecified atom stereocenters. The number of rotatable bonds is 4. The molecule has 0 aliphatic carbocycles. The Hall–Kier alpha value is -1.44. The summed E-state index contributed by atoms with van der Waals surface area (Å²) >= 11 is 0. The SMILES string of the molecule is COC(=O)c1ccccc1S(=O)(=O)N(C)C1CNC1. The lowest BCUT2D eigenvalue weighted by Gasteiger charge is -2.34. The Morgan fingerprint density at radius 2 is 2.00 bits per heavy atom. The van der Waals surface area contributed by atoms with Crippen LogP contribution in [0, 0.1) is 0 Å². The van der Waals surface area contributed by atoms with Crippen molar-refractivity contribution in [2.45, 2.75) is 10.9 Å². The van der Waals surface area contributed by atoms with Gasteiger partial charge in [-0.15, -0.1) is 0 Å². The molecule has 0 atom stereocenters. The lowest BCUT2D eigenvalue weighted by Crippen LogP contribution is -2.57. The average molecular weight is 284 g/mol. The standard InChI is InChI=1S/C12H16N2O4S/c1-14(9-7-13-8-9)19(16,17)11-6-4-3-5-10(11)12(15)18-2/h3-6,9,13H,7-8H2,1-2H3. The van der Waals surface area contributed by atoms with E-state index in [9.17, 15) is 13.2 Å². The van der Waals surface area contributed by atoms with E-state index in [1.54, 1.807) is 12.1 Å². The van der Waals surface area contributed by atoms with Crippen molar-refractivity contribution in [3.8, 4) is 0 Å². The summed E-state index contributed by atoms with van der Waals surface area (Å²) in [5.41, 5.74) is 0.0594. The first kappa shape index (κ1) is 14.0. The van der Waals surface area contributed by atoms with Crippen molar-refractivity contribution in [2.24, 2.45) is 0 Å². The van der Waals surface area contributed by atoms with Crippen LogP contribution in [0.15, 0.2) is 29.2 Å².